The van der Waals surface area contributed by atoms with Crippen LogP contribution in [-0.4, -0.2) is 41.2 Å². The van der Waals surface area contributed by atoms with Crippen molar-refractivity contribution in [2.45, 2.75) is 32.0 Å². The summed E-state index contributed by atoms with van der Waals surface area (Å²) in [7, 11) is 0. The van der Waals surface area contributed by atoms with Crippen molar-refractivity contribution >= 4 is 27.7 Å². The van der Waals surface area contributed by atoms with Crippen LogP contribution >= 0.6 is 15.9 Å². The number of hydrogen-bond acceptors (Lipinski definition) is 2. The molecule has 0 aliphatic rings. The van der Waals surface area contributed by atoms with Gasteiger partial charge in [0.15, 0.2) is 0 Å². The maximum Gasteiger partial charge on any atom is 0.241 e. The van der Waals surface area contributed by atoms with Gasteiger partial charge in [-0.2, -0.15) is 0 Å². The van der Waals surface area contributed by atoms with E-state index in [9.17, 15) is 9.59 Å². The van der Waals surface area contributed by atoms with Crippen LogP contribution in [0.1, 0.15) is 27.2 Å². The van der Waals surface area contributed by atoms with Gasteiger partial charge in [-0.05, 0) is 20.3 Å². The predicted octanol–water partition coefficient (Wildman–Crippen LogP) is 1.14. The molecular formula is C10H19BrN2O2. The van der Waals surface area contributed by atoms with Crippen molar-refractivity contribution < 1.29 is 9.59 Å². The number of rotatable bonds is 6. The summed E-state index contributed by atoms with van der Waals surface area (Å²) in [5, 5.41) is 2.61. The molecule has 0 aromatic carbocycles. The molecule has 2 amide bonds. The number of alkyl halides is 1. The van der Waals surface area contributed by atoms with E-state index in [0.29, 0.717) is 19.5 Å². The minimum absolute atomic E-state index is 0.0378. The fourth-order valence-electron chi connectivity index (χ4n) is 1.15. The fraction of sp³-hybridized carbons (Fsp3) is 0.800. The minimum atomic E-state index is -0.206. The van der Waals surface area contributed by atoms with Crippen LogP contribution in [0.15, 0.2) is 0 Å². The molecule has 1 unspecified atom stereocenters. The highest BCUT2D eigenvalue weighted by Crippen LogP contribution is 2.03. The van der Waals surface area contributed by atoms with Gasteiger partial charge in [-0.15, -0.1) is 0 Å². The molecule has 0 bridgehead atoms. The molecular weight excluding hydrogens is 260 g/mol. The maximum absolute atomic E-state index is 11.5. The summed E-state index contributed by atoms with van der Waals surface area (Å²) < 4.78 is 0. The average molecular weight is 279 g/mol. The van der Waals surface area contributed by atoms with Gasteiger partial charge in [-0.1, -0.05) is 22.9 Å². The van der Waals surface area contributed by atoms with E-state index in [1.165, 1.54) is 0 Å². The van der Waals surface area contributed by atoms with Gasteiger partial charge in [0, 0.05) is 13.1 Å². The lowest BCUT2D eigenvalue weighted by atomic mass is 10.3. The van der Waals surface area contributed by atoms with Gasteiger partial charge in [0.2, 0.25) is 11.8 Å². The third-order valence-electron chi connectivity index (χ3n) is 2.17. The standard InChI is InChI=1S/C10H19BrN2O2/c1-4-8(11)10(15)12-7-9(14)13(5-2)6-3/h8H,4-7H2,1-3H3,(H,12,15). The highest BCUT2D eigenvalue weighted by Gasteiger charge is 2.15. The van der Waals surface area contributed by atoms with Crippen molar-refractivity contribution in [3.8, 4) is 0 Å². The topological polar surface area (TPSA) is 49.4 Å². The van der Waals surface area contributed by atoms with Crippen molar-refractivity contribution in [2.75, 3.05) is 19.6 Å². The zero-order chi connectivity index (χ0) is 11.8. The van der Waals surface area contributed by atoms with Crippen molar-refractivity contribution in [3.63, 3.8) is 0 Å². The summed E-state index contributed by atoms with van der Waals surface area (Å²) in [6, 6.07) is 0. The van der Waals surface area contributed by atoms with E-state index in [1.54, 1.807) is 4.90 Å². The maximum atomic E-state index is 11.5. The lowest BCUT2D eigenvalue weighted by Crippen LogP contribution is -2.42. The number of carbonyl (C=O) groups is 2. The van der Waals surface area contributed by atoms with Crippen LogP contribution in [-0.2, 0) is 9.59 Å². The van der Waals surface area contributed by atoms with Gasteiger partial charge in [-0.25, -0.2) is 0 Å². The number of nitrogens with one attached hydrogen (secondary N) is 1. The first kappa shape index (κ1) is 14.4. The molecule has 0 fully saturated rings. The molecule has 0 spiro atoms. The van der Waals surface area contributed by atoms with Crippen molar-refractivity contribution in [1.29, 1.82) is 0 Å². The molecule has 1 atom stereocenters. The van der Waals surface area contributed by atoms with Crippen LogP contribution in [0.4, 0.5) is 0 Å². The Bertz CT molecular complexity index is 217. The Kier molecular flexibility index (Phi) is 7.38. The molecule has 0 aliphatic carbocycles. The zero-order valence-corrected chi connectivity index (χ0v) is 11.1. The molecule has 4 nitrogen and oxygen atoms in total. The highest BCUT2D eigenvalue weighted by atomic mass is 79.9. The Hall–Kier alpha value is -0.580. The third kappa shape index (κ3) is 5.16. The number of amides is 2. The number of halogens is 1. The van der Waals surface area contributed by atoms with E-state index in [2.05, 4.69) is 21.2 Å². The Morgan fingerprint density at radius 2 is 1.80 bits per heavy atom. The van der Waals surface area contributed by atoms with E-state index >= 15 is 0 Å². The largest absolute Gasteiger partial charge is 0.346 e. The Labute approximate surface area is 99.5 Å². The van der Waals surface area contributed by atoms with Gasteiger partial charge in [-0.3, -0.25) is 9.59 Å². The summed E-state index contributed by atoms with van der Waals surface area (Å²) in [6.07, 6.45) is 0.714. The smallest absolute Gasteiger partial charge is 0.241 e. The molecule has 0 aliphatic heterocycles. The molecule has 0 radical (unpaired) electrons. The normalized spacial score (nSPS) is 12.0. The number of hydrogen-bond donors (Lipinski definition) is 1. The number of nitrogens with zero attached hydrogens (tertiary/aromatic N) is 1. The van der Waals surface area contributed by atoms with Gasteiger partial charge >= 0.3 is 0 Å². The molecule has 0 saturated carbocycles. The molecule has 0 aromatic rings. The molecule has 0 heterocycles. The molecule has 0 aromatic heterocycles. The molecule has 88 valence electrons. The predicted molar refractivity (Wildman–Crippen MR) is 63.9 cm³/mol. The van der Waals surface area contributed by atoms with Crippen molar-refractivity contribution in [3.05, 3.63) is 0 Å². The Balaban J connectivity index is 3.94. The van der Waals surface area contributed by atoms with Crippen LogP contribution in [0.5, 0.6) is 0 Å². The minimum Gasteiger partial charge on any atom is -0.346 e. The summed E-state index contributed by atoms with van der Waals surface area (Å²) in [6.45, 7) is 7.19. The first-order valence-electron chi connectivity index (χ1n) is 5.26. The molecule has 0 rings (SSSR count). The van der Waals surface area contributed by atoms with Gasteiger partial charge in [0.1, 0.15) is 0 Å². The Morgan fingerprint density at radius 3 is 2.20 bits per heavy atom. The van der Waals surface area contributed by atoms with Crippen LogP contribution in [0.3, 0.4) is 0 Å². The zero-order valence-electron chi connectivity index (χ0n) is 9.55. The number of likely N-dealkylation sites (N-methyl/N-ethyl adjacent to an activating group) is 1. The highest BCUT2D eigenvalue weighted by molar-refractivity contribution is 9.10. The summed E-state index contributed by atoms with van der Waals surface area (Å²) in [5.74, 6) is -0.165. The summed E-state index contributed by atoms with van der Waals surface area (Å²) >= 11 is 3.23. The second-order valence-corrected chi connectivity index (χ2v) is 4.26. The SMILES string of the molecule is CCC(Br)C(=O)NCC(=O)N(CC)CC. The monoisotopic (exact) mass is 278 g/mol. The van der Waals surface area contributed by atoms with E-state index in [4.69, 9.17) is 0 Å². The molecule has 15 heavy (non-hydrogen) atoms. The van der Waals surface area contributed by atoms with Crippen LogP contribution in [0.25, 0.3) is 0 Å². The molecule has 5 heteroatoms. The first-order valence-corrected chi connectivity index (χ1v) is 6.17. The van der Waals surface area contributed by atoms with E-state index < -0.39 is 0 Å². The second-order valence-electron chi connectivity index (χ2n) is 3.16. The molecule has 1 N–H and O–H groups in total. The van der Waals surface area contributed by atoms with Crippen LogP contribution < -0.4 is 5.32 Å². The lowest BCUT2D eigenvalue weighted by Gasteiger charge is -2.19. The van der Waals surface area contributed by atoms with E-state index in [-0.39, 0.29) is 23.2 Å². The Morgan fingerprint density at radius 1 is 1.27 bits per heavy atom. The van der Waals surface area contributed by atoms with Crippen LogP contribution in [0, 0.1) is 0 Å². The van der Waals surface area contributed by atoms with Crippen molar-refractivity contribution in [2.24, 2.45) is 0 Å². The number of carbonyl (C=O) groups excluding carboxylic acids is 2. The third-order valence-corrected chi connectivity index (χ3v) is 3.24. The van der Waals surface area contributed by atoms with E-state index in [0.717, 1.165) is 0 Å². The fourth-order valence-corrected chi connectivity index (χ4v) is 1.31. The lowest BCUT2D eigenvalue weighted by molar-refractivity contribution is -0.132. The molecule has 0 saturated heterocycles. The summed E-state index contributed by atoms with van der Waals surface area (Å²) in [5.41, 5.74) is 0. The van der Waals surface area contributed by atoms with Gasteiger partial charge < -0.3 is 10.2 Å². The second kappa shape index (κ2) is 7.68. The average Bonchev–Trinajstić information content (AvgIpc) is 2.26. The quantitative estimate of drug-likeness (QED) is 0.741. The first-order chi connectivity index (χ1) is 7.06. The summed E-state index contributed by atoms with van der Waals surface area (Å²) in [4.78, 5) is 24.3. The van der Waals surface area contributed by atoms with Gasteiger partial charge in [0.05, 0.1) is 11.4 Å². The van der Waals surface area contributed by atoms with E-state index in [1.807, 2.05) is 20.8 Å². The van der Waals surface area contributed by atoms with Crippen molar-refractivity contribution in [1.82, 2.24) is 10.2 Å². The van der Waals surface area contributed by atoms with Crippen LogP contribution in [0.2, 0.25) is 0 Å². The van der Waals surface area contributed by atoms with Gasteiger partial charge in [0.25, 0.3) is 0 Å².